The third-order valence-corrected chi connectivity index (χ3v) is 3.77. The highest BCUT2D eigenvalue weighted by atomic mass is 16.5. The largest absolute Gasteiger partial charge is 0.497 e. The Hall–Kier alpha value is -2.82. The van der Waals surface area contributed by atoms with Crippen LogP contribution in [0.4, 0.5) is 0 Å². The van der Waals surface area contributed by atoms with Crippen LogP contribution in [0, 0.1) is 0 Å². The predicted molar refractivity (Wildman–Crippen MR) is 78.3 cm³/mol. The number of benzene rings is 2. The van der Waals surface area contributed by atoms with E-state index in [0.717, 1.165) is 0 Å². The second-order valence-corrected chi connectivity index (χ2v) is 5.06. The number of aliphatic carboxylic acids is 1. The molecule has 112 valence electrons. The van der Waals surface area contributed by atoms with Crippen molar-refractivity contribution in [3.63, 3.8) is 0 Å². The third-order valence-electron chi connectivity index (χ3n) is 3.77. The first-order valence-corrected chi connectivity index (χ1v) is 6.76. The number of carbonyl (C=O) groups is 2. The summed E-state index contributed by atoms with van der Waals surface area (Å²) in [7, 11) is 1.49. The Labute approximate surface area is 127 Å². The number of hydrogen-bond acceptors (Lipinski definition) is 4. The minimum atomic E-state index is -1.71. The van der Waals surface area contributed by atoms with E-state index in [1.54, 1.807) is 42.5 Å². The molecule has 1 aliphatic rings. The Morgan fingerprint density at radius 2 is 1.95 bits per heavy atom. The zero-order valence-corrected chi connectivity index (χ0v) is 11.9. The van der Waals surface area contributed by atoms with Crippen molar-refractivity contribution in [2.24, 2.45) is 0 Å². The van der Waals surface area contributed by atoms with Gasteiger partial charge in [0.05, 0.1) is 19.1 Å². The summed E-state index contributed by atoms with van der Waals surface area (Å²) < 4.78 is 10.9. The molecule has 1 unspecified atom stereocenters. The van der Waals surface area contributed by atoms with E-state index in [4.69, 9.17) is 9.47 Å². The molecule has 0 amide bonds. The van der Waals surface area contributed by atoms with Crippen molar-refractivity contribution in [1.29, 1.82) is 0 Å². The van der Waals surface area contributed by atoms with E-state index in [1.165, 1.54) is 13.2 Å². The van der Waals surface area contributed by atoms with E-state index in [0.29, 0.717) is 16.9 Å². The number of carboxylic acids is 1. The number of fused-ring (bicyclic) bond motifs is 1. The number of hydrogen-bond donors (Lipinski definition) is 1. The van der Waals surface area contributed by atoms with Gasteiger partial charge < -0.3 is 14.6 Å². The summed E-state index contributed by atoms with van der Waals surface area (Å²) >= 11 is 0. The molecule has 2 aromatic carbocycles. The number of carboxylic acid groups (broad SMARTS) is 1. The summed E-state index contributed by atoms with van der Waals surface area (Å²) in [5.74, 6) is -0.738. The van der Waals surface area contributed by atoms with Crippen LogP contribution < -0.4 is 9.47 Å². The van der Waals surface area contributed by atoms with E-state index < -0.39 is 11.6 Å². The maximum atomic E-state index is 12.4. The summed E-state index contributed by atoms with van der Waals surface area (Å²) in [4.78, 5) is 24.3. The summed E-state index contributed by atoms with van der Waals surface area (Å²) in [6.45, 7) is 0. The fraction of sp³-hybridized carbons (Fsp3) is 0.176. The van der Waals surface area contributed by atoms with Crippen molar-refractivity contribution in [2.75, 3.05) is 7.11 Å². The summed E-state index contributed by atoms with van der Waals surface area (Å²) in [6.07, 6.45) is -0.244. The van der Waals surface area contributed by atoms with Gasteiger partial charge in [-0.15, -0.1) is 0 Å². The van der Waals surface area contributed by atoms with Crippen LogP contribution in [-0.2, 0) is 10.4 Å². The average molecular weight is 298 g/mol. The number of rotatable bonds is 3. The quantitative estimate of drug-likeness (QED) is 0.943. The van der Waals surface area contributed by atoms with Crippen molar-refractivity contribution >= 4 is 11.8 Å². The number of ether oxygens (including phenoxy) is 2. The van der Waals surface area contributed by atoms with Crippen LogP contribution in [0.1, 0.15) is 22.3 Å². The molecule has 3 rings (SSSR count). The molecule has 1 N–H and O–H groups in total. The lowest BCUT2D eigenvalue weighted by Gasteiger charge is -2.34. The summed E-state index contributed by atoms with van der Waals surface area (Å²) in [6, 6.07) is 13.3. The maximum absolute atomic E-state index is 12.4. The molecule has 0 bridgehead atoms. The molecule has 0 aliphatic carbocycles. The van der Waals surface area contributed by atoms with E-state index in [9.17, 15) is 14.7 Å². The highest BCUT2D eigenvalue weighted by Gasteiger charge is 2.48. The van der Waals surface area contributed by atoms with Crippen molar-refractivity contribution in [3.05, 3.63) is 59.7 Å². The van der Waals surface area contributed by atoms with E-state index in [-0.39, 0.29) is 18.0 Å². The molecule has 2 aromatic rings. The average Bonchev–Trinajstić information content (AvgIpc) is 2.54. The van der Waals surface area contributed by atoms with Crippen molar-refractivity contribution in [2.45, 2.75) is 12.0 Å². The minimum Gasteiger partial charge on any atom is -0.497 e. The fourth-order valence-corrected chi connectivity index (χ4v) is 2.60. The van der Waals surface area contributed by atoms with Gasteiger partial charge in [0.2, 0.25) is 5.60 Å². The predicted octanol–water partition coefficient (Wildman–Crippen LogP) is 2.64. The molecule has 0 spiro atoms. The molecule has 0 fully saturated rings. The topological polar surface area (TPSA) is 72.8 Å². The van der Waals surface area contributed by atoms with E-state index in [2.05, 4.69) is 0 Å². The van der Waals surface area contributed by atoms with Gasteiger partial charge in [-0.2, -0.15) is 0 Å². The standard InChI is InChI=1S/C17H14O5/c1-21-12-7-8-13-14(18)10-17(16(19)20,22-15(13)9-12)11-5-3-2-4-6-11/h2-9H,10H2,1H3,(H,19,20). The molecule has 0 radical (unpaired) electrons. The van der Waals surface area contributed by atoms with Crippen LogP contribution in [0.25, 0.3) is 0 Å². The minimum absolute atomic E-state index is 0.224. The Kier molecular flexibility index (Phi) is 3.33. The molecule has 0 saturated carbocycles. The molecule has 0 aromatic heterocycles. The van der Waals surface area contributed by atoms with Crippen LogP contribution in [0.2, 0.25) is 0 Å². The van der Waals surface area contributed by atoms with Gasteiger partial charge in [0, 0.05) is 11.6 Å². The van der Waals surface area contributed by atoms with Gasteiger partial charge in [-0.3, -0.25) is 4.79 Å². The molecule has 0 saturated heterocycles. The molecular formula is C17H14O5. The van der Waals surface area contributed by atoms with Crippen LogP contribution >= 0.6 is 0 Å². The second kappa shape index (κ2) is 5.18. The van der Waals surface area contributed by atoms with Gasteiger partial charge in [-0.1, -0.05) is 30.3 Å². The van der Waals surface area contributed by atoms with Gasteiger partial charge in [0.1, 0.15) is 11.5 Å². The monoisotopic (exact) mass is 298 g/mol. The molecular weight excluding hydrogens is 284 g/mol. The lowest BCUT2D eigenvalue weighted by molar-refractivity contribution is -0.156. The molecule has 1 heterocycles. The number of ketones is 1. The van der Waals surface area contributed by atoms with Crippen LogP contribution in [0.3, 0.4) is 0 Å². The molecule has 5 nitrogen and oxygen atoms in total. The zero-order valence-electron chi connectivity index (χ0n) is 11.9. The molecule has 5 heteroatoms. The lowest BCUT2D eigenvalue weighted by Crippen LogP contribution is -2.46. The zero-order chi connectivity index (χ0) is 15.7. The van der Waals surface area contributed by atoms with Crippen LogP contribution in [0.5, 0.6) is 11.5 Å². The van der Waals surface area contributed by atoms with Gasteiger partial charge >= 0.3 is 5.97 Å². The van der Waals surface area contributed by atoms with E-state index >= 15 is 0 Å². The normalized spacial score (nSPS) is 20.0. The Morgan fingerprint density at radius 1 is 1.23 bits per heavy atom. The smallest absolute Gasteiger partial charge is 0.353 e. The SMILES string of the molecule is COc1ccc2c(c1)OC(C(=O)O)(c1ccccc1)CC2=O. The molecule has 22 heavy (non-hydrogen) atoms. The van der Waals surface area contributed by atoms with Crippen LogP contribution in [-0.4, -0.2) is 24.0 Å². The Morgan fingerprint density at radius 3 is 2.59 bits per heavy atom. The third kappa shape index (κ3) is 2.11. The highest BCUT2D eigenvalue weighted by Crippen LogP contribution is 2.41. The maximum Gasteiger partial charge on any atom is 0.353 e. The second-order valence-electron chi connectivity index (χ2n) is 5.06. The van der Waals surface area contributed by atoms with E-state index in [1.807, 2.05) is 0 Å². The highest BCUT2D eigenvalue weighted by molar-refractivity contribution is 6.04. The molecule has 1 atom stereocenters. The Bertz CT molecular complexity index is 738. The first-order valence-electron chi connectivity index (χ1n) is 6.76. The van der Waals surface area contributed by atoms with Gasteiger partial charge in [0.25, 0.3) is 0 Å². The van der Waals surface area contributed by atoms with Crippen LogP contribution in [0.15, 0.2) is 48.5 Å². The van der Waals surface area contributed by atoms with Crippen molar-refractivity contribution in [1.82, 2.24) is 0 Å². The number of Topliss-reactive ketones (excluding diaryl/α,β-unsaturated/α-hetero) is 1. The number of carbonyl (C=O) groups excluding carboxylic acids is 1. The van der Waals surface area contributed by atoms with Gasteiger partial charge in [0.15, 0.2) is 5.78 Å². The first-order chi connectivity index (χ1) is 10.6. The molecule has 1 aliphatic heterocycles. The first kappa shape index (κ1) is 14.1. The van der Waals surface area contributed by atoms with Crippen molar-refractivity contribution < 1.29 is 24.2 Å². The Balaban J connectivity index is 2.15. The van der Waals surface area contributed by atoms with Gasteiger partial charge in [-0.25, -0.2) is 4.79 Å². The van der Waals surface area contributed by atoms with Gasteiger partial charge in [-0.05, 0) is 12.1 Å². The number of methoxy groups -OCH3 is 1. The lowest BCUT2D eigenvalue weighted by atomic mass is 9.84. The summed E-state index contributed by atoms with van der Waals surface area (Å²) in [5.41, 5.74) is -0.907. The summed E-state index contributed by atoms with van der Waals surface area (Å²) in [5, 5.41) is 9.70. The fourth-order valence-electron chi connectivity index (χ4n) is 2.60. The van der Waals surface area contributed by atoms with Crippen molar-refractivity contribution in [3.8, 4) is 11.5 Å².